The normalized spacial score (nSPS) is 13.0. The number of aliphatic carboxylic acids is 1. The van der Waals surface area contributed by atoms with Crippen LogP contribution < -0.4 is 4.72 Å². The van der Waals surface area contributed by atoms with Crippen molar-refractivity contribution >= 4 is 59.2 Å². The summed E-state index contributed by atoms with van der Waals surface area (Å²) < 4.78 is 27.9. The summed E-state index contributed by atoms with van der Waals surface area (Å²) in [6, 6.07) is 6.57. The minimum absolute atomic E-state index is 0.0281. The monoisotopic (exact) mass is 453 g/mol. The number of nitrogens with one attached hydrogen (secondary N) is 1. The average Bonchev–Trinajstić information content (AvgIpc) is 2.92. The first-order valence-electron chi connectivity index (χ1n) is 5.55. The quantitative estimate of drug-likeness (QED) is 0.725. The van der Waals surface area contributed by atoms with Crippen LogP contribution in [0.25, 0.3) is 0 Å². The molecular weight excluding hydrogens is 446 g/mol. The summed E-state index contributed by atoms with van der Waals surface area (Å²) in [5.74, 6) is -1.26. The smallest absolute Gasteiger partial charge is 0.327 e. The lowest BCUT2D eigenvalue weighted by Crippen LogP contribution is -2.33. The SMILES string of the molecule is O=C(O)C(NS(=O)(=O)c1cc(Br)ccc1Br)c1cccs1. The third-order valence-electron chi connectivity index (χ3n) is 2.53. The number of carboxylic acid groups (broad SMARTS) is 1. The molecule has 0 aliphatic heterocycles. The summed E-state index contributed by atoms with van der Waals surface area (Å²) in [5.41, 5.74) is 0. The number of carboxylic acids is 1. The Hall–Kier alpha value is -0.740. The van der Waals surface area contributed by atoms with E-state index in [1.807, 2.05) is 0 Å². The van der Waals surface area contributed by atoms with Crippen molar-refractivity contribution in [3.05, 3.63) is 49.5 Å². The molecule has 1 unspecified atom stereocenters. The zero-order valence-electron chi connectivity index (χ0n) is 10.3. The van der Waals surface area contributed by atoms with Gasteiger partial charge in [-0.3, -0.25) is 4.79 Å². The van der Waals surface area contributed by atoms with Crippen LogP contribution in [0.1, 0.15) is 10.9 Å². The summed E-state index contributed by atoms with van der Waals surface area (Å²) in [4.78, 5) is 11.7. The van der Waals surface area contributed by atoms with Gasteiger partial charge in [-0.25, -0.2) is 8.42 Å². The van der Waals surface area contributed by atoms with E-state index < -0.39 is 22.0 Å². The lowest BCUT2D eigenvalue weighted by Gasteiger charge is -2.14. The lowest BCUT2D eigenvalue weighted by molar-refractivity contribution is -0.139. The van der Waals surface area contributed by atoms with Crippen molar-refractivity contribution in [1.82, 2.24) is 4.72 Å². The Labute approximate surface area is 142 Å². The first-order chi connectivity index (χ1) is 9.81. The summed E-state index contributed by atoms with van der Waals surface area (Å²) >= 11 is 7.53. The standard InChI is InChI=1S/C12H9Br2NO4S2/c13-7-3-4-8(14)10(6-7)21(18,19)15-11(12(16)17)9-2-1-5-20-9/h1-6,11,15H,(H,16,17). The molecule has 2 N–H and O–H groups in total. The molecule has 2 rings (SSSR count). The number of hydrogen-bond donors (Lipinski definition) is 2. The molecule has 1 aromatic heterocycles. The maximum atomic E-state index is 12.4. The molecule has 1 atom stereocenters. The van der Waals surface area contributed by atoms with Crippen molar-refractivity contribution in [1.29, 1.82) is 0 Å². The Morgan fingerprint density at radius 1 is 1.29 bits per heavy atom. The van der Waals surface area contributed by atoms with Gasteiger partial charge in [0, 0.05) is 13.8 Å². The van der Waals surface area contributed by atoms with Crippen LogP contribution >= 0.6 is 43.2 Å². The molecule has 1 aromatic carbocycles. The predicted molar refractivity (Wildman–Crippen MR) is 86.9 cm³/mol. The second-order valence-corrected chi connectivity index (χ2v) is 8.41. The molecule has 9 heteroatoms. The lowest BCUT2D eigenvalue weighted by atomic mass is 10.3. The van der Waals surface area contributed by atoms with E-state index in [0.29, 0.717) is 13.8 Å². The number of hydrogen-bond acceptors (Lipinski definition) is 4. The molecule has 2 aromatic rings. The van der Waals surface area contributed by atoms with Crippen LogP contribution in [0.3, 0.4) is 0 Å². The highest BCUT2D eigenvalue weighted by Crippen LogP contribution is 2.28. The van der Waals surface area contributed by atoms with Gasteiger partial charge in [0.15, 0.2) is 6.04 Å². The van der Waals surface area contributed by atoms with E-state index in [9.17, 15) is 18.3 Å². The molecule has 0 aliphatic carbocycles. The van der Waals surface area contributed by atoms with Crippen LogP contribution in [0.4, 0.5) is 0 Å². The molecule has 112 valence electrons. The summed E-state index contributed by atoms with van der Waals surface area (Å²) in [7, 11) is -3.98. The molecule has 0 saturated carbocycles. The van der Waals surface area contributed by atoms with Crippen LogP contribution in [-0.4, -0.2) is 19.5 Å². The van der Waals surface area contributed by atoms with E-state index >= 15 is 0 Å². The van der Waals surface area contributed by atoms with Gasteiger partial charge >= 0.3 is 5.97 Å². The Bertz CT molecular complexity index is 760. The number of halogens is 2. The molecule has 0 saturated heterocycles. The van der Waals surface area contributed by atoms with E-state index in [1.54, 1.807) is 29.6 Å². The first-order valence-corrected chi connectivity index (χ1v) is 9.50. The van der Waals surface area contributed by atoms with Crippen LogP contribution in [-0.2, 0) is 14.8 Å². The zero-order valence-corrected chi connectivity index (χ0v) is 15.1. The van der Waals surface area contributed by atoms with Crippen molar-refractivity contribution in [2.24, 2.45) is 0 Å². The highest BCUT2D eigenvalue weighted by molar-refractivity contribution is 9.11. The van der Waals surface area contributed by atoms with Gasteiger partial charge in [0.05, 0.1) is 4.90 Å². The molecule has 0 bridgehead atoms. The summed E-state index contributed by atoms with van der Waals surface area (Å²) in [6.07, 6.45) is 0. The number of benzene rings is 1. The van der Waals surface area contributed by atoms with Crippen LogP contribution in [0.15, 0.2) is 49.6 Å². The van der Waals surface area contributed by atoms with Crippen molar-refractivity contribution in [2.75, 3.05) is 0 Å². The number of sulfonamides is 1. The average molecular weight is 455 g/mol. The Morgan fingerprint density at radius 3 is 2.57 bits per heavy atom. The molecule has 5 nitrogen and oxygen atoms in total. The second kappa shape index (κ2) is 6.57. The van der Waals surface area contributed by atoms with Gasteiger partial charge in [0.2, 0.25) is 10.0 Å². The van der Waals surface area contributed by atoms with Crippen molar-refractivity contribution in [2.45, 2.75) is 10.9 Å². The van der Waals surface area contributed by atoms with Crippen LogP contribution in [0.2, 0.25) is 0 Å². The van der Waals surface area contributed by atoms with Crippen molar-refractivity contribution in [3.63, 3.8) is 0 Å². The topological polar surface area (TPSA) is 83.5 Å². The van der Waals surface area contributed by atoms with Gasteiger partial charge in [-0.1, -0.05) is 22.0 Å². The first kappa shape index (κ1) is 16.6. The Morgan fingerprint density at radius 2 is 2.00 bits per heavy atom. The van der Waals surface area contributed by atoms with E-state index in [0.717, 1.165) is 0 Å². The fraction of sp³-hybridized carbons (Fsp3) is 0.0833. The number of carbonyl (C=O) groups is 1. The minimum Gasteiger partial charge on any atom is -0.480 e. The molecular formula is C12H9Br2NO4S2. The largest absolute Gasteiger partial charge is 0.480 e. The van der Waals surface area contributed by atoms with Crippen LogP contribution in [0.5, 0.6) is 0 Å². The number of thiophene rings is 1. The molecule has 0 radical (unpaired) electrons. The van der Waals surface area contributed by atoms with Gasteiger partial charge in [-0.2, -0.15) is 4.72 Å². The van der Waals surface area contributed by atoms with Gasteiger partial charge in [-0.05, 0) is 45.6 Å². The van der Waals surface area contributed by atoms with E-state index in [1.165, 1.54) is 17.4 Å². The fourth-order valence-electron chi connectivity index (χ4n) is 1.59. The highest BCUT2D eigenvalue weighted by Gasteiger charge is 2.29. The molecule has 1 heterocycles. The summed E-state index contributed by atoms with van der Waals surface area (Å²) in [5, 5.41) is 10.9. The van der Waals surface area contributed by atoms with Gasteiger partial charge in [0.1, 0.15) is 0 Å². The molecule has 21 heavy (non-hydrogen) atoms. The van der Waals surface area contributed by atoms with Gasteiger partial charge < -0.3 is 5.11 Å². The fourth-order valence-corrected chi connectivity index (χ4v) is 5.10. The van der Waals surface area contributed by atoms with Crippen LogP contribution in [0, 0.1) is 0 Å². The third kappa shape index (κ3) is 3.92. The van der Waals surface area contributed by atoms with Crippen molar-refractivity contribution in [3.8, 4) is 0 Å². The maximum absolute atomic E-state index is 12.4. The minimum atomic E-state index is -3.98. The zero-order chi connectivity index (χ0) is 15.6. The molecule has 0 aliphatic rings. The van der Waals surface area contributed by atoms with Gasteiger partial charge in [0.25, 0.3) is 0 Å². The predicted octanol–water partition coefficient (Wildman–Crippen LogP) is 3.38. The molecule has 0 spiro atoms. The highest BCUT2D eigenvalue weighted by atomic mass is 79.9. The van der Waals surface area contributed by atoms with Crippen molar-refractivity contribution < 1.29 is 18.3 Å². The van der Waals surface area contributed by atoms with E-state index in [4.69, 9.17) is 0 Å². The Balaban J connectivity index is 2.40. The summed E-state index contributed by atoms with van der Waals surface area (Å²) in [6.45, 7) is 0. The number of rotatable bonds is 5. The second-order valence-electron chi connectivity index (χ2n) is 3.98. The van der Waals surface area contributed by atoms with E-state index in [-0.39, 0.29) is 4.90 Å². The third-order valence-corrected chi connectivity index (χ3v) is 6.38. The van der Waals surface area contributed by atoms with E-state index in [2.05, 4.69) is 36.6 Å². The maximum Gasteiger partial charge on any atom is 0.327 e. The molecule has 0 amide bonds. The molecule has 0 fully saturated rings. The van der Waals surface area contributed by atoms with Gasteiger partial charge in [-0.15, -0.1) is 11.3 Å². The Kier molecular flexibility index (Phi) is 5.20.